The van der Waals surface area contributed by atoms with Gasteiger partial charge in [-0.15, -0.1) is 11.3 Å². The molecule has 0 spiro atoms. The quantitative estimate of drug-likeness (QED) is 0.834. The molecule has 2 rings (SSSR count). The van der Waals surface area contributed by atoms with Gasteiger partial charge in [0.15, 0.2) is 0 Å². The van der Waals surface area contributed by atoms with Gasteiger partial charge in [0, 0.05) is 24.0 Å². The third-order valence-corrected chi connectivity index (χ3v) is 4.43. The SMILES string of the molecule is Cc1ccsc1/C=C/C(=O)N1CCC(O)C(C)C1. The Hall–Kier alpha value is -1.13. The van der Waals surface area contributed by atoms with Gasteiger partial charge in [0.05, 0.1) is 6.10 Å². The van der Waals surface area contributed by atoms with Crippen LogP contribution in [0.15, 0.2) is 17.5 Å². The predicted molar refractivity (Wildman–Crippen MR) is 74.5 cm³/mol. The maximum atomic E-state index is 12.0. The van der Waals surface area contributed by atoms with E-state index < -0.39 is 0 Å². The summed E-state index contributed by atoms with van der Waals surface area (Å²) in [4.78, 5) is 15.0. The highest BCUT2D eigenvalue weighted by atomic mass is 32.1. The molecule has 0 aromatic carbocycles. The van der Waals surface area contributed by atoms with E-state index in [-0.39, 0.29) is 17.9 Å². The van der Waals surface area contributed by atoms with Gasteiger partial charge in [-0.25, -0.2) is 0 Å². The van der Waals surface area contributed by atoms with Crippen molar-refractivity contribution in [3.05, 3.63) is 28.0 Å². The number of amides is 1. The van der Waals surface area contributed by atoms with Crippen LogP contribution in [0.25, 0.3) is 6.08 Å². The van der Waals surface area contributed by atoms with Crippen molar-refractivity contribution < 1.29 is 9.90 Å². The molecule has 3 nitrogen and oxygen atoms in total. The first kappa shape index (κ1) is 13.3. The summed E-state index contributed by atoms with van der Waals surface area (Å²) in [5, 5.41) is 11.7. The average Bonchev–Trinajstić information content (AvgIpc) is 2.75. The summed E-state index contributed by atoms with van der Waals surface area (Å²) in [6.07, 6.45) is 3.94. The van der Waals surface area contributed by atoms with Gasteiger partial charge in [-0.05, 0) is 42.3 Å². The second-order valence-corrected chi connectivity index (χ2v) is 5.87. The number of aliphatic hydroxyl groups is 1. The molecule has 0 radical (unpaired) electrons. The van der Waals surface area contributed by atoms with Crippen molar-refractivity contribution in [2.45, 2.75) is 26.4 Å². The molecule has 98 valence electrons. The zero-order chi connectivity index (χ0) is 13.1. The molecule has 1 saturated heterocycles. The Bertz CT molecular complexity index is 452. The lowest BCUT2D eigenvalue weighted by Crippen LogP contribution is -2.44. The molecule has 2 heterocycles. The molecular formula is C14H19NO2S. The Morgan fingerprint density at radius 3 is 3.00 bits per heavy atom. The Morgan fingerprint density at radius 2 is 2.39 bits per heavy atom. The maximum absolute atomic E-state index is 12.0. The number of nitrogens with zero attached hydrogens (tertiary/aromatic N) is 1. The second kappa shape index (κ2) is 5.67. The third kappa shape index (κ3) is 3.00. The van der Waals surface area contributed by atoms with Crippen LogP contribution in [0.5, 0.6) is 0 Å². The molecule has 1 fully saturated rings. The highest BCUT2D eigenvalue weighted by molar-refractivity contribution is 7.11. The van der Waals surface area contributed by atoms with Gasteiger partial charge >= 0.3 is 0 Å². The van der Waals surface area contributed by atoms with Crippen LogP contribution in [0.3, 0.4) is 0 Å². The first-order chi connectivity index (χ1) is 8.58. The second-order valence-electron chi connectivity index (χ2n) is 4.92. The van der Waals surface area contributed by atoms with Crippen molar-refractivity contribution >= 4 is 23.3 Å². The Balaban J connectivity index is 1.96. The summed E-state index contributed by atoms with van der Waals surface area (Å²) >= 11 is 1.64. The maximum Gasteiger partial charge on any atom is 0.246 e. The van der Waals surface area contributed by atoms with Gasteiger partial charge in [-0.1, -0.05) is 6.92 Å². The van der Waals surface area contributed by atoms with Gasteiger partial charge in [0.2, 0.25) is 5.91 Å². The van der Waals surface area contributed by atoms with Crippen molar-refractivity contribution in [1.82, 2.24) is 4.90 Å². The Labute approximate surface area is 112 Å². The minimum Gasteiger partial charge on any atom is -0.393 e. The lowest BCUT2D eigenvalue weighted by Gasteiger charge is -2.33. The van der Waals surface area contributed by atoms with Crippen LogP contribution < -0.4 is 0 Å². The molecule has 1 amide bonds. The molecule has 18 heavy (non-hydrogen) atoms. The normalized spacial score (nSPS) is 24.7. The van der Waals surface area contributed by atoms with Crippen molar-refractivity contribution in [2.24, 2.45) is 5.92 Å². The highest BCUT2D eigenvalue weighted by Crippen LogP contribution is 2.19. The molecule has 1 aliphatic rings. The van der Waals surface area contributed by atoms with E-state index in [0.29, 0.717) is 19.5 Å². The fourth-order valence-electron chi connectivity index (χ4n) is 2.14. The average molecular weight is 265 g/mol. The number of piperidine rings is 1. The van der Waals surface area contributed by atoms with E-state index in [0.717, 1.165) is 4.88 Å². The molecular weight excluding hydrogens is 246 g/mol. The van der Waals surface area contributed by atoms with Crippen molar-refractivity contribution in [1.29, 1.82) is 0 Å². The summed E-state index contributed by atoms with van der Waals surface area (Å²) in [7, 11) is 0. The van der Waals surface area contributed by atoms with Crippen molar-refractivity contribution in [2.75, 3.05) is 13.1 Å². The van der Waals surface area contributed by atoms with E-state index in [1.54, 1.807) is 17.4 Å². The smallest absolute Gasteiger partial charge is 0.246 e. The summed E-state index contributed by atoms with van der Waals surface area (Å²) in [6.45, 7) is 5.32. The van der Waals surface area contributed by atoms with Crippen LogP contribution in [0.2, 0.25) is 0 Å². The molecule has 2 atom stereocenters. The van der Waals surface area contributed by atoms with Gasteiger partial charge in [0.1, 0.15) is 0 Å². The molecule has 1 aromatic rings. The topological polar surface area (TPSA) is 40.5 Å². The summed E-state index contributed by atoms with van der Waals surface area (Å²) in [6, 6.07) is 2.05. The number of hydrogen-bond acceptors (Lipinski definition) is 3. The first-order valence-electron chi connectivity index (χ1n) is 6.27. The van der Waals surface area contributed by atoms with E-state index in [1.807, 2.05) is 36.3 Å². The minimum absolute atomic E-state index is 0.0431. The largest absolute Gasteiger partial charge is 0.393 e. The Kier molecular flexibility index (Phi) is 4.19. The molecule has 0 aliphatic carbocycles. The van der Waals surface area contributed by atoms with E-state index in [9.17, 15) is 9.90 Å². The van der Waals surface area contributed by atoms with Crippen LogP contribution in [0.4, 0.5) is 0 Å². The first-order valence-corrected chi connectivity index (χ1v) is 7.15. The van der Waals surface area contributed by atoms with E-state index in [1.165, 1.54) is 5.56 Å². The predicted octanol–water partition coefficient (Wildman–Crippen LogP) is 2.30. The molecule has 1 aromatic heterocycles. The number of thiophene rings is 1. The fraction of sp³-hybridized carbons (Fsp3) is 0.500. The monoisotopic (exact) mass is 265 g/mol. The molecule has 0 bridgehead atoms. The van der Waals surface area contributed by atoms with E-state index in [4.69, 9.17) is 0 Å². The van der Waals surface area contributed by atoms with Gasteiger partial charge < -0.3 is 10.0 Å². The molecule has 4 heteroatoms. The van der Waals surface area contributed by atoms with Crippen LogP contribution in [-0.2, 0) is 4.79 Å². The zero-order valence-corrected chi connectivity index (χ0v) is 11.6. The molecule has 1 N–H and O–H groups in total. The number of carbonyl (C=O) groups is 1. The summed E-state index contributed by atoms with van der Waals surface area (Å²) in [5.74, 6) is 0.209. The third-order valence-electron chi connectivity index (χ3n) is 3.45. The number of aliphatic hydroxyl groups excluding tert-OH is 1. The van der Waals surface area contributed by atoms with Crippen LogP contribution in [0, 0.1) is 12.8 Å². The van der Waals surface area contributed by atoms with Crippen molar-refractivity contribution in [3.8, 4) is 0 Å². The molecule has 0 saturated carbocycles. The lowest BCUT2D eigenvalue weighted by atomic mass is 9.97. The summed E-state index contributed by atoms with van der Waals surface area (Å²) in [5.41, 5.74) is 1.20. The van der Waals surface area contributed by atoms with Crippen LogP contribution >= 0.6 is 11.3 Å². The minimum atomic E-state index is -0.266. The zero-order valence-electron chi connectivity index (χ0n) is 10.8. The standard InChI is InChI=1S/C14H19NO2S/c1-10-6-8-18-13(10)3-4-14(17)15-7-5-12(16)11(2)9-15/h3-4,6,8,11-12,16H,5,7,9H2,1-2H3/b4-3+. The number of hydrogen-bond donors (Lipinski definition) is 1. The lowest BCUT2D eigenvalue weighted by molar-refractivity contribution is -0.129. The van der Waals surface area contributed by atoms with E-state index in [2.05, 4.69) is 0 Å². The fourth-order valence-corrected chi connectivity index (χ4v) is 2.96. The van der Waals surface area contributed by atoms with Gasteiger partial charge in [-0.2, -0.15) is 0 Å². The van der Waals surface area contributed by atoms with Crippen molar-refractivity contribution in [3.63, 3.8) is 0 Å². The van der Waals surface area contributed by atoms with Gasteiger partial charge in [0.25, 0.3) is 0 Å². The van der Waals surface area contributed by atoms with Crippen LogP contribution in [-0.4, -0.2) is 35.1 Å². The van der Waals surface area contributed by atoms with E-state index >= 15 is 0 Å². The highest BCUT2D eigenvalue weighted by Gasteiger charge is 2.25. The summed E-state index contributed by atoms with van der Waals surface area (Å²) < 4.78 is 0. The number of rotatable bonds is 2. The number of likely N-dealkylation sites (tertiary alicyclic amines) is 1. The van der Waals surface area contributed by atoms with Gasteiger partial charge in [-0.3, -0.25) is 4.79 Å². The van der Waals surface area contributed by atoms with Crippen LogP contribution in [0.1, 0.15) is 23.8 Å². The number of carbonyl (C=O) groups excluding carboxylic acids is 1. The molecule has 1 aliphatic heterocycles. The number of aryl methyl sites for hydroxylation is 1. The Morgan fingerprint density at radius 1 is 1.61 bits per heavy atom. The molecule has 2 unspecified atom stereocenters.